The second-order valence-corrected chi connectivity index (χ2v) is 5.00. The average molecular weight is 316 g/mol. The van der Waals surface area contributed by atoms with Crippen molar-refractivity contribution in [1.29, 1.82) is 0 Å². The van der Waals surface area contributed by atoms with Gasteiger partial charge in [-0.3, -0.25) is 4.98 Å². The van der Waals surface area contributed by atoms with Crippen molar-refractivity contribution in [2.24, 2.45) is 0 Å². The van der Waals surface area contributed by atoms with Crippen LogP contribution in [-0.4, -0.2) is 31.9 Å². The topological polar surface area (TPSA) is 52.6 Å². The molecule has 2 rings (SSSR count). The third kappa shape index (κ3) is 5.88. The zero-order valence-electron chi connectivity index (χ0n) is 13.7. The molecule has 0 unspecified atom stereocenters. The van der Waals surface area contributed by atoms with Crippen LogP contribution in [-0.2, 0) is 17.9 Å². The SMILES string of the molecule is CCOCCNCc1ccc(OCc2ccncc2)c(OC)c1. The number of aromatic nitrogens is 1. The first kappa shape index (κ1) is 17.2. The second-order valence-electron chi connectivity index (χ2n) is 5.00. The van der Waals surface area contributed by atoms with E-state index in [1.54, 1.807) is 19.5 Å². The number of nitrogens with one attached hydrogen (secondary N) is 1. The van der Waals surface area contributed by atoms with Gasteiger partial charge in [0.2, 0.25) is 0 Å². The lowest BCUT2D eigenvalue weighted by Gasteiger charge is -2.13. The molecule has 2 aromatic rings. The van der Waals surface area contributed by atoms with E-state index in [0.29, 0.717) is 6.61 Å². The Bertz CT molecular complexity index is 576. The lowest BCUT2D eigenvalue weighted by molar-refractivity contribution is 0.149. The summed E-state index contributed by atoms with van der Waals surface area (Å²) in [7, 11) is 1.65. The van der Waals surface area contributed by atoms with Crippen LogP contribution in [0, 0.1) is 0 Å². The second kappa shape index (κ2) is 9.82. The number of hydrogen-bond acceptors (Lipinski definition) is 5. The van der Waals surface area contributed by atoms with Crippen molar-refractivity contribution in [2.75, 3.05) is 26.9 Å². The Morgan fingerprint density at radius 3 is 2.61 bits per heavy atom. The molecule has 0 bridgehead atoms. The minimum absolute atomic E-state index is 0.491. The Morgan fingerprint density at radius 1 is 1.04 bits per heavy atom. The maximum Gasteiger partial charge on any atom is 0.161 e. The number of nitrogens with zero attached hydrogens (tertiary/aromatic N) is 1. The van der Waals surface area contributed by atoms with Crippen LogP contribution in [0.15, 0.2) is 42.7 Å². The summed E-state index contributed by atoms with van der Waals surface area (Å²) in [6.07, 6.45) is 3.51. The molecule has 5 nitrogen and oxygen atoms in total. The van der Waals surface area contributed by atoms with Crippen molar-refractivity contribution in [3.8, 4) is 11.5 Å². The van der Waals surface area contributed by atoms with E-state index in [2.05, 4.69) is 10.3 Å². The summed E-state index contributed by atoms with van der Waals surface area (Å²) in [5.41, 5.74) is 2.22. The highest BCUT2D eigenvalue weighted by atomic mass is 16.5. The van der Waals surface area contributed by atoms with Crippen LogP contribution in [0.1, 0.15) is 18.1 Å². The predicted octanol–water partition coefficient (Wildman–Crippen LogP) is 2.80. The summed E-state index contributed by atoms with van der Waals surface area (Å²) in [6, 6.07) is 9.85. The first-order valence-electron chi connectivity index (χ1n) is 7.80. The molecule has 0 aliphatic heterocycles. The van der Waals surface area contributed by atoms with Gasteiger partial charge in [-0.05, 0) is 42.3 Å². The lowest BCUT2D eigenvalue weighted by Crippen LogP contribution is -2.19. The zero-order valence-corrected chi connectivity index (χ0v) is 13.7. The van der Waals surface area contributed by atoms with E-state index >= 15 is 0 Å². The fourth-order valence-electron chi connectivity index (χ4n) is 2.10. The van der Waals surface area contributed by atoms with Crippen molar-refractivity contribution < 1.29 is 14.2 Å². The number of ether oxygens (including phenoxy) is 3. The third-order valence-corrected chi connectivity index (χ3v) is 3.33. The van der Waals surface area contributed by atoms with Crippen LogP contribution in [0.3, 0.4) is 0 Å². The van der Waals surface area contributed by atoms with Crippen molar-refractivity contribution in [3.05, 3.63) is 53.9 Å². The zero-order chi connectivity index (χ0) is 16.3. The first-order chi connectivity index (χ1) is 11.3. The summed E-state index contributed by atoms with van der Waals surface area (Å²) in [5.74, 6) is 1.48. The number of pyridine rings is 1. The Hall–Kier alpha value is -2.11. The lowest BCUT2D eigenvalue weighted by atomic mass is 10.2. The summed E-state index contributed by atoms with van der Waals surface area (Å²) in [5, 5.41) is 3.34. The standard InChI is InChI=1S/C18H24N2O3/c1-3-22-11-10-20-13-16-4-5-17(18(12-16)21-2)23-14-15-6-8-19-9-7-15/h4-9,12,20H,3,10-11,13-14H2,1-2H3. The normalized spacial score (nSPS) is 10.5. The van der Waals surface area contributed by atoms with Gasteiger partial charge < -0.3 is 19.5 Å². The molecule has 1 N–H and O–H groups in total. The van der Waals surface area contributed by atoms with Crippen molar-refractivity contribution in [2.45, 2.75) is 20.1 Å². The molecule has 0 radical (unpaired) electrons. The van der Waals surface area contributed by atoms with E-state index in [1.807, 2.05) is 37.3 Å². The molecule has 23 heavy (non-hydrogen) atoms. The highest BCUT2D eigenvalue weighted by Crippen LogP contribution is 2.28. The van der Waals surface area contributed by atoms with Gasteiger partial charge in [-0.25, -0.2) is 0 Å². The summed E-state index contributed by atoms with van der Waals surface area (Å²) >= 11 is 0. The van der Waals surface area contributed by atoms with Crippen LogP contribution in [0.2, 0.25) is 0 Å². The van der Waals surface area contributed by atoms with Crippen LogP contribution in [0.25, 0.3) is 0 Å². The first-order valence-corrected chi connectivity index (χ1v) is 7.80. The smallest absolute Gasteiger partial charge is 0.161 e. The van der Waals surface area contributed by atoms with Gasteiger partial charge in [-0.15, -0.1) is 0 Å². The van der Waals surface area contributed by atoms with Gasteiger partial charge in [0, 0.05) is 32.1 Å². The summed E-state index contributed by atoms with van der Waals surface area (Å²) in [6.45, 7) is 5.56. The average Bonchev–Trinajstić information content (AvgIpc) is 2.61. The minimum atomic E-state index is 0.491. The van der Waals surface area contributed by atoms with Gasteiger partial charge in [0.1, 0.15) is 6.61 Å². The Labute approximate surface area is 137 Å². The molecule has 1 aromatic carbocycles. The molecule has 0 aliphatic carbocycles. The highest BCUT2D eigenvalue weighted by Gasteiger charge is 2.06. The summed E-state index contributed by atoms with van der Waals surface area (Å²) < 4.78 is 16.6. The third-order valence-electron chi connectivity index (χ3n) is 3.33. The maximum absolute atomic E-state index is 5.83. The maximum atomic E-state index is 5.83. The Morgan fingerprint density at radius 2 is 1.87 bits per heavy atom. The predicted molar refractivity (Wildman–Crippen MR) is 89.8 cm³/mol. The summed E-state index contributed by atoms with van der Waals surface area (Å²) in [4.78, 5) is 4.00. The van der Waals surface area contributed by atoms with Gasteiger partial charge >= 0.3 is 0 Å². The van der Waals surface area contributed by atoms with Crippen LogP contribution >= 0.6 is 0 Å². The molecule has 0 atom stereocenters. The molecular formula is C18H24N2O3. The van der Waals surface area contributed by atoms with E-state index in [1.165, 1.54) is 0 Å². The van der Waals surface area contributed by atoms with E-state index in [9.17, 15) is 0 Å². The van der Waals surface area contributed by atoms with Gasteiger partial charge in [0.25, 0.3) is 0 Å². The molecule has 0 spiro atoms. The van der Waals surface area contributed by atoms with Gasteiger partial charge in [-0.1, -0.05) is 6.07 Å². The fourth-order valence-corrected chi connectivity index (χ4v) is 2.10. The molecule has 0 saturated heterocycles. The van der Waals surface area contributed by atoms with Gasteiger partial charge in [0.05, 0.1) is 13.7 Å². The van der Waals surface area contributed by atoms with E-state index in [0.717, 1.165) is 48.9 Å². The van der Waals surface area contributed by atoms with Crippen LogP contribution in [0.4, 0.5) is 0 Å². The number of methoxy groups -OCH3 is 1. The molecule has 5 heteroatoms. The molecule has 1 aromatic heterocycles. The quantitative estimate of drug-likeness (QED) is 0.683. The highest BCUT2D eigenvalue weighted by molar-refractivity contribution is 5.43. The van der Waals surface area contributed by atoms with Crippen molar-refractivity contribution >= 4 is 0 Å². The monoisotopic (exact) mass is 316 g/mol. The Balaban J connectivity index is 1.88. The van der Waals surface area contributed by atoms with Crippen LogP contribution in [0.5, 0.6) is 11.5 Å². The number of hydrogen-bond donors (Lipinski definition) is 1. The number of rotatable bonds is 10. The molecule has 1 heterocycles. The molecular weight excluding hydrogens is 292 g/mol. The van der Waals surface area contributed by atoms with Crippen molar-refractivity contribution in [3.63, 3.8) is 0 Å². The van der Waals surface area contributed by atoms with E-state index in [4.69, 9.17) is 14.2 Å². The molecule has 0 saturated carbocycles. The molecule has 0 aliphatic rings. The van der Waals surface area contributed by atoms with Crippen molar-refractivity contribution in [1.82, 2.24) is 10.3 Å². The van der Waals surface area contributed by atoms with E-state index < -0.39 is 0 Å². The fraction of sp³-hybridized carbons (Fsp3) is 0.389. The van der Waals surface area contributed by atoms with Crippen LogP contribution < -0.4 is 14.8 Å². The Kier molecular flexibility index (Phi) is 7.36. The van der Waals surface area contributed by atoms with Gasteiger partial charge in [-0.2, -0.15) is 0 Å². The number of benzene rings is 1. The molecule has 0 amide bonds. The molecule has 124 valence electrons. The largest absolute Gasteiger partial charge is 0.493 e. The molecule has 0 fully saturated rings. The van der Waals surface area contributed by atoms with Gasteiger partial charge in [0.15, 0.2) is 11.5 Å². The van der Waals surface area contributed by atoms with E-state index in [-0.39, 0.29) is 0 Å². The minimum Gasteiger partial charge on any atom is -0.493 e.